The Morgan fingerprint density at radius 1 is 0.931 bits per heavy atom. The Kier molecular flexibility index (Phi) is 4.78. The van der Waals surface area contributed by atoms with Crippen molar-refractivity contribution in [2.75, 3.05) is 38.1 Å². The number of nitrogen functional groups attached to an aromatic ring is 1. The van der Waals surface area contributed by atoms with Gasteiger partial charge in [-0.25, -0.2) is 0 Å². The molecule has 0 aromatic heterocycles. The van der Waals surface area contributed by atoms with Gasteiger partial charge in [-0.2, -0.15) is 0 Å². The topological polar surface area (TPSA) is 32.0 Å². The zero-order chi connectivity index (χ0) is 20.0. The van der Waals surface area contributed by atoms with Crippen molar-refractivity contribution in [2.45, 2.75) is 19.3 Å². The van der Waals surface area contributed by atoms with Crippen LogP contribution in [0, 0.1) is 0 Å². The molecule has 5 rings (SSSR count). The average Bonchev–Trinajstić information content (AvgIpc) is 3.61. The molecule has 2 heterocycles. The molecule has 3 aromatic carbocycles. The molecule has 2 fully saturated rings. The van der Waals surface area contributed by atoms with Gasteiger partial charge in [0, 0.05) is 39.1 Å². The van der Waals surface area contributed by atoms with Crippen molar-refractivity contribution in [3.63, 3.8) is 0 Å². The fraction of sp³-hybridized carbons (Fsp3) is 0.320. The minimum absolute atomic E-state index is 0.498. The quantitative estimate of drug-likeness (QED) is 0.341. The van der Waals surface area contributed by atoms with E-state index in [0.717, 1.165) is 12.1 Å². The van der Waals surface area contributed by atoms with Crippen LogP contribution in [0.3, 0.4) is 0 Å². The van der Waals surface area contributed by atoms with Gasteiger partial charge in [0.1, 0.15) is 0 Å². The third kappa shape index (κ3) is 3.88. The van der Waals surface area contributed by atoms with E-state index in [9.17, 15) is 0 Å². The van der Waals surface area contributed by atoms with Crippen molar-refractivity contribution in [3.8, 4) is 0 Å². The van der Waals surface area contributed by atoms with Crippen LogP contribution < -0.4 is 5.73 Å². The molecule has 4 heteroatoms. The standard InChI is InChI=1S/C25H30N3P/c1-19(18-29(2,27-11-12-27)28-13-14-28)22-9-10-25(26)24(17-22)16-20-7-8-21-5-3-4-6-23(21)15-20/h3-10,15,17,19H,2,11-14,16,18,26H2,1H3/t19-/m0/s1. The van der Waals surface area contributed by atoms with Gasteiger partial charge < -0.3 is 5.73 Å². The molecule has 3 nitrogen and oxygen atoms in total. The number of hydrogen-bond donors (Lipinski definition) is 1. The molecule has 2 aliphatic heterocycles. The molecule has 2 aliphatic rings. The van der Waals surface area contributed by atoms with Crippen LogP contribution in [0.25, 0.3) is 10.8 Å². The third-order valence-corrected chi connectivity index (χ3v) is 10.4. The number of rotatable bonds is 7. The Balaban J connectivity index is 1.38. The largest absolute Gasteiger partial charge is 0.398 e. The molecule has 150 valence electrons. The predicted octanol–water partition coefficient (Wildman–Crippen LogP) is 5.03. The summed E-state index contributed by atoms with van der Waals surface area (Å²) in [6, 6.07) is 21.9. The summed E-state index contributed by atoms with van der Waals surface area (Å²) < 4.78 is 5.23. The Hall–Kier alpha value is -2.06. The molecular formula is C25H30N3P. The highest BCUT2D eigenvalue weighted by atomic mass is 31.2. The first-order valence-electron chi connectivity index (χ1n) is 10.6. The zero-order valence-electron chi connectivity index (χ0n) is 17.2. The van der Waals surface area contributed by atoms with E-state index < -0.39 is 7.19 Å². The van der Waals surface area contributed by atoms with Gasteiger partial charge in [0.15, 0.2) is 0 Å². The summed E-state index contributed by atoms with van der Waals surface area (Å²) in [4.78, 5) is 0. The molecule has 0 bridgehead atoms. The fourth-order valence-corrected chi connectivity index (χ4v) is 8.02. The van der Waals surface area contributed by atoms with E-state index in [-0.39, 0.29) is 0 Å². The van der Waals surface area contributed by atoms with E-state index in [1.807, 2.05) is 0 Å². The third-order valence-electron chi connectivity index (χ3n) is 6.41. The van der Waals surface area contributed by atoms with Gasteiger partial charge in [0.2, 0.25) is 0 Å². The van der Waals surface area contributed by atoms with E-state index in [4.69, 9.17) is 12.0 Å². The van der Waals surface area contributed by atoms with Gasteiger partial charge >= 0.3 is 0 Å². The zero-order valence-corrected chi connectivity index (χ0v) is 18.1. The smallest absolute Gasteiger partial charge is 0.0350 e. The second-order valence-electron chi connectivity index (χ2n) is 8.69. The van der Waals surface area contributed by atoms with Crippen molar-refractivity contribution in [1.29, 1.82) is 0 Å². The van der Waals surface area contributed by atoms with Crippen LogP contribution in [-0.2, 0) is 6.42 Å². The highest BCUT2D eigenvalue weighted by Crippen LogP contribution is 2.61. The van der Waals surface area contributed by atoms with Crippen molar-refractivity contribution in [2.24, 2.45) is 0 Å². The molecule has 0 aliphatic carbocycles. The first-order chi connectivity index (χ1) is 14.0. The molecule has 0 radical (unpaired) electrons. The number of benzene rings is 3. The number of anilines is 1. The maximum atomic E-state index is 6.37. The van der Waals surface area contributed by atoms with Crippen LogP contribution in [0.15, 0.2) is 60.7 Å². The highest BCUT2D eigenvalue weighted by molar-refractivity contribution is 7.69. The van der Waals surface area contributed by atoms with Crippen LogP contribution in [0.1, 0.15) is 29.5 Å². The van der Waals surface area contributed by atoms with Crippen LogP contribution in [0.5, 0.6) is 0 Å². The van der Waals surface area contributed by atoms with Crippen LogP contribution in [-0.4, -0.2) is 48.0 Å². The Morgan fingerprint density at radius 3 is 2.31 bits per heavy atom. The van der Waals surface area contributed by atoms with Crippen LogP contribution in [0.4, 0.5) is 5.69 Å². The van der Waals surface area contributed by atoms with Crippen molar-refractivity contribution < 1.29 is 0 Å². The molecule has 2 saturated heterocycles. The molecule has 2 N–H and O–H groups in total. The second kappa shape index (κ2) is 7.32. The van der Waals surface area contributed by atoms with Gasteiger partial charge in [-0.1, -0.05) is 67.8 Å². The monoisotopic (exact) mass is 403 g/mol. The molecule has 0 spiro atoms. The number of nitrogens with zero attached hydrogens (tertiary/aromatic N) is 2. The van der Waals surface area contributed by atoms with E-state index in [2.05, 4.69) is 76.9 Å². The summed E-state index contributed by atoms with van der Waals surface area (Å²) in [6.07, 6.45) is 6.78. The predicted molar refractivity (Wildman–Crippen MR) is 128 cm³/mol. The van der Waals surface area contributed by atoms with Crippen molar-refractivity contribution in [1.82, 2.24) is 9.34 Å². The lowest BCUT2D eigenvalue weighted by Gasteiger charge is -2.30. The summed E-state index contributed by atoms with van der Waals surface area (Å²) in [7, 11) is -1.35. The highest BCUT2D eigenvalue weighted by Gasteiger charge is 2.42. The van der Waals surface area contributed by atoms with Gasteiger partial charge in [-0.15, -0.1) is 0 Å². The Morgan fingerprint density at radius 2 is 1.62 bits per heavy atom. The van der Waals surface area contributed by atoms with Gasteiger partial charge in [0.25, 0.3) is 0 Å². The lowest BCUT2D eigenvalue weighted by atomic mass is 9.95. The minimum Gasteiger partial charge on any atom is -0.398 e. The Bertz CT molecular complexity index is 1080. The van der Waals surface area contributed by atoms with Gasteiger partial charge in [-0.3, -0.25) is 9.34 Å². The minimum atomic E-state index is -1.35. The van der Waals surface area contributed by atoms with Gasteiger partial charge in [-0.05, 0) is 52.0 Å². The molecule has 0 amide bonds. The Labute approximate surface area is 174 Å². The molecule has 0 saturated carbocycles. The van der Waals surface area contributed by atoms with E-state index >= 15 is 0 Å². The number of nitrogens with two attached hydrogens (primary N) is 1. The van der Waals surface area contributed by atoms with Crippen molar-refractivity contribution in [3.05, 3.63) is 77.4 Å². The summed E-state index contributed by atoms with van der Waals surface area (Å²) in [5.41, 5.74) is 11.2. The normalized spacial score (nSPS) is 18.1. The molecule has 0 unspecified atom stereocenters. The first-order valence-corrected chi connectivity index (χ1v) is 12.7. The maximum absolute atomic E-state index is 6.37. The fourth-order valence-electron chi connectivity index (χ4n) is 4.44. The molecule has 29 heavy (non-hydrogen) atoms. The molecule has 3 aromatic rings. The lowest BCUT2D eigenvalue weighted by molar-refractivity contribution is 0.750. The van der Waals surface area contributed by atoms with E-state index in [0.29, 0.717) is 5.92 Å². The summed E-state index contributed by atoms with van der Waals surface area (Å²) >= 11 is 0. The summed E-state index contributed by atoms with van der Waals surface area (Å²) in [6.45, 7) is 7.29. The second-order valence-corrected chi connectivity index (χ2v) is 11.9. The molecule has 1 atom stereocenters. The van der Waals surface area contributed by atoms with Gasteiger partial charge in [0.05, 0.1) is 0 Å². The maximum Gasteiger partial charge on any atom is 0.0350 e. The lowest BCUT2D eigenvalue weighted by Crippen LogP contribution is -2.13. The van der Waals surface area contributed by atoms with Crippen molar-refractivity contribution >= 4 is 29.9 Å². The van der Waals surface area contributed by atoms with Crippen LogP contribution in [0.2, 0.25) is 0 Å². The summed E-state index contributed by atoms with van der Waals surface area (Å²) in [5.74, 6) is 0.498. The SMILES string of the molecule is C=P(C[C@H](C)c1ccc(N)c(Cc2ccc3ccccc3c2)c1)(N1CC1)N1CC1. The first kappa shape index (κ1) is 18.9. The average molecular weight is 404 g/mol. The van der Waals surface area contributed by atoms with E-state index in [1.54, 1.807) is 0 Å². The summed E-state index contributed by atoms with van der Waals surface area (Å²) in [5, 5.41) is 2.57. The van der Waals surface area contributed by atoms with E-state index in [1.165, 1.54) is 59.8 Å². The van der Waals surface area contributed by atoms with Crippen LogP contribution >= 0.6 is 7.19 Å². The molecular weight excluding hydrogens is 373 g/mol. The number of hydrogen-bond acceptors (Lipinski definition) is 3. The number of fused-ring (bicyclic) bond motifs is 1.